The van der Waals surface area contributed by atoms with Crippen LogP contribution in [0, 0.1) is 11.8 Å². The first kappa shape index (κ1) is 11.0. The van der Waals surface area contributed by atoms with Gasteiger partial charge in [0.05, 0.1) is 11.8 Å². The van der Waals surface area contributed by atoms with Gasteiger partial charge in [-0.1, -0.05) is 0 Å². The van der Waals surface area contributed by atoms with Crippen molar-refractivity contribution in [1.82, 2.24) is 4.90 Å². The molecule has 0 bridgehead atoms. The number of nitrogens with zero attached hydrogens (tertiary/aromatic N) is 1. The van der Waals surface area contributed by atoms with Gasteiger partial charge >= 0.3 is 11.9 Å². The number of hydrogen-bond donors (Lipinski definition) is 2. The molecule has 5 nitrogen and oxygen atoms in total. The minimum Gasteiger partial charge on any atom is -0.481 e. The van der Waals surface area contributed by atoms with Crippen LogP contribution in [0.4, 0.5) is 0 Å². The van der Waals surface area contributed by atoms with E-state index < -0.39 is 23.8 Å². The zero-order valence-electron chi connectivity index (χ0n) is 8.30. The molecule has 0 aromatic rings. The predicted molar refractivity (Wildman–Crippen MR) is 49.0 cm³/mol. The van der Waals surface area contributed by atoms with Gasteiger partial charge in [0.1, 0.15) is 0 Å². The van der Waals surface area contributed by atoms with Crippen LogP contribution in [0.25, 0.3) is 0 Å². The molecule has 0 aromatic carbocycles. The summed E-state index contributed by atoms with van der Waals surface area (Å²) in [5, 5.41) is 17.8. The van der Waals surface area contributed by atoms with Crippen LogP contribution in [-0.4, -0.2) is 47.2 Å². The van der Waals surface area contributed by atoms with E-state index in [-0.39, 0.29) is 6.04 Å². The van der Waals surface area contributed by atoms with Gasteiger partial charge in [-0.05, 0) is 26.9 Å². The van der Waals surface area contributed by atoms with E-state index in [0.29, 0.717) is 12.8 Å². The topological polar surface area (TPSA) is 77.8 Å². The molecule has 1 rings (SSSR count). The van der Waals surface area contributed by atoms with E-state index in [0.717, 1.165) is 0 Å². The normalized spacial score (nSPS) is 32.1. The van der Waals surface area contributed by atoms with Crippen molar-refractivity contribution in [2.75, 3.05) is 14.1 Å². The molecule has 3 unspecified atom stereocenters. The van der Waals surface area contributed by atoms with E-state index in [2.05, 4.69) is 0 Å². The Morgan fingerprint density at radius 2 is 1.71 bits per heavy atom. The van der Waals surface area contributed by atoms with Gasteiger partial charge in [-0.2, -0.15) is 0 Å². The number of carboxylic acid groups (broad SMARTS) is 2. The molecule has 0 amide bonds. The number of hydrogen-bond acceptors (Lipinski definition) is 3. The van der Waals surface area contributed by atoms with Gasteiger partial charge in [0.15, 0.2) is 0 Å². The molecule has 0 spiro atoms. The monoisotopic (exact) mass is 201 g/mol. The van der Waals surface area contributed by atoms with Crippen molar-refractivity contribution in [3.05, 3.63) is 0 Å². The average Bonchev–Trinajstić information content (AvgIpc) is 2.46. The van der Waals surface area contributed by atoms with Gasteiger partial charge in [0, 0.05) is 6.04 Å². The lowest BCUT2D eigenvalue weighted by Gasteiger charge is -2.24. The highest BCUT2D eigenvalue weighted by Crippen LogP contribution is 2.34. The fourth-order valence-electron chi connectivity index (χ4n) is 2.17. The second-order valence-electron chi connectivity index (χ2n) is 3.92. The van der Waals surface area contributed by atoms with Gasteiger partial charge in [-0.3, -0.25) is 9.59 Å². The summed E-state index contributed by atoms with van der Waals surface area (Å²) < 4.78 is 0. The van der Waals surface area contributed by atoms with Gasteiger partial charge in [-0.25, -0.2) is 0 Å². The van der Waals surface area contributed by atoms with Gasteiger partial charge in [0.2, 0.25) is 0 Å². The molecule has 0 aliphatic heterocycles. The number of carboxylic acids is 2. The van der Waals surface area contributed by atoms with E-state index in [4.69, 9.17) is 10.2 Å². The van der Waals surface area contributed by atoms with Crippen molar-refractivity contribution in [1.29, 1.82) is 0 Å². The molecule has 3 atom stereocenters. The first-order valence-corrected chi connectivity index (χ1v) is 4.57. The molecular formula is C9H15NO4. The predicted octanol–water partition coefficient (Wildman–Crippen LogP) is 0.112. The molecule has 80 valence electrons. The highest BCUT2D eigenvalue weighted by Gasteiger charge is 2.45. The maximum atomic E-state index is 10.9. The van der Waals surface area contributed by atoms with Crippen molar-refractivity contribution in [2.24, 2.45) is 11.8 Å². The van der Waals surface area contributed by atoms with Crippen molar-refractivity contribution < 1.29 is 19.8 Å². The molecule has 0 saturated heterocycles. The summed E-state index contributed by atoms with van der Waals surface area (Å²) in [4.78, 5) is 23.5. The summed E-state index contributed by atoms with van der Waals surface area (Å²) in [6.07, 6.45) is 1.09. The Morgan fingerprint density at radius 1 is 1.14 bits per heavy atom. The largest absolute Gasteiger partial charge is 0.481 e. The van der Waals surface area contributed by atoms with Crippen LogP contribution in [0.5, 0.6) is 0 Å². The lowest BCUT2D eigenvalue weighted by molar-refractivity contribution is -0.153. The third-order valence-corrected chi connectivity index (χ3v) is 2.89. The van der Waals surface area contributed by atoms with Crippen LogP contribution in [0.2, 0.25) is 0 Å². The van der Waals surface area contributed by atoms with Crippen LogP contribution < -0.4 is 0 Å². The summed E-state index contributed by atoms with van der Waals surface area (Å²) in [7, 11) is 3.57. The SMILES string of the molecule is CN(C)C1CCC(C(=O)O)C1C(=O)O. The van der Waals surface area contributed by atoms with Crippen LogP contribution >= 0.6 is 0 Å². The van der Waals surface area contributed by atoms with Crippen molar-refractivity contribution >= 4 is 11.9 Å². The van der Waals surface area contributed by atoms with Crippen molar-refractivity contribution in [2.45, 2.75) is 18.9 Å². The summed E-state index contributed by atoms with van der Waals surface area (Å²) >= 11 is 0. The molecule has 14 heavy (non-hydrogen) atoms. The maximum absolute atomic E-state index is 10.9. The minimum absolute atomic E-state index is 0.159. The van der Waals surface area contributed by atoms with Crippen LogP contribution in [-0.2, 0) is 9.59 Å². The quantitative estimate of drug-likeness (QED) is 0.677. The lowest BCUT2D eigenvalue weighted by atomic mass is 9.93. The zero-order valence-corrected chi connectivity index (χ0v) is 8.30. The smallest absolute Gasteiger partial charge is 0.308 e. The van der Waals surface area contributed by atoms with E-state index in [1.54, 1.807) is 19.0 Å². The van der Waals surface area contributed by atoms with Crippen molar-refractivity contribution in [3.8, 4) is 0 Å². The second-order valence-corrected chi connectivity index (χ2v) is 3.92. The molecule has 0 aromatic heterocycles. The highest BCUT2D eigenvalue weighted by molar-refractivity contribution is 5.81. The minimum atomic E-state index is -1.01. The van der Waals surface area contributed by atoms with Crippen LogP contribution in [0.3, 0.4) is 0 Å². The third-order valence-electron chi connectivity index (χ3n) is 2.89. The number of rotatable bonds is 3. The Morgan fingerprint density at radius 3 is 2.07 bits per heavy atom. The van der Waals surface area contributed by atoms with E-state index in [1.165, 1.54) is 0 Å². The first-order chi connectivity index (χ1) is 6.45. The summed E-state index contributed by atoms with van der Waals surface area (Å²) in [6, 6.07) is -0.159. The summed E-state index contributed by atoms with van der Waals surface area (Å²) in [6.45, 7) is 0. The van der Waals surface area contributed by atoms with E-state index >= 15 is 0 Å². The molecule has 1 saturated carbocycles. The Kier molecular flexibility index (Phi) is 3.10. The molecule has 2 N–H and O–H groups in total. The maximum Gasteiger partial charge on any atom is 0.308 e. The van der Waals surface area contributed by atoms with E-state index in [1.807, 2.05) is 0 Å². The fourth-order valence-corrected chi connectivity index (χ4v) is 2.17. The van der Waals surface area contributed by atoms with E-state index in [9.17, 15) is 9.59 Å². The number of aliphatic carboxylic acids is 2. The van der Waals surface area contributed by atoms with Crippen LogP contribution in [0.1, 0.15) is 12.8 Å². The Hall–Kier alpha value is -1.10. The van der Waals surface area contributed by atoms with Gasteiger partial charge < -0.3 is 15.1 Å². The lowest BCUT2D eigenvalue weighted by Crippen LogP contribution is -2.39. The summed E-state index contributed by atoms with van der Waals surface area (Å²) in [5.74, 6) is -3.52. The second kappa shape index (κ2) is 3.96. The standard InChI is InChI=1S/C9H15NO4/c1-10(2)6-4-3-5(8(11)12)7(6)9(13)14/h5-7H,3-4H2,1-2H3,(H,11,12)(H,13,14). The molecule has 0 radical (unpaired) electrons. The van der Waals surface area contributed by atoms with Crippen molar-refractivity contribution in [3.63, 3.8) is 0 Å². The average molecular weight is 201 g/mol. The van der Waals surface area contributed by atoms with Crippen LogP contribution in [0.15, 0.2) is 0 Å². The molecule has 0 heterocycles. The Bertz CT molecular complexity index is 251. The molecule has 1 aliphatic rings. The van der Waals surface area contributed by atoms with Gasteiger partial charge in [0.25, 0.3) is 0 Å². The zero-order chi connectivity index (χ0) is 10.9. The molecule has 5 heteroatoms. The third kappa shape index (κ3) is 1.87. The highest BCUT2D eigenvalue weighted by atomic mass is 16.4. The molecule has 1 fully saturated rings. The molecular weight excluding hydrogens is 186 g/mol. The Balaban J connectivity index is 2.85. The summed E-state index contributed by atoms with van der Waals surface area (Å²) in [5.41, 5.74) is 0. The molecule has 1 aliphatic carbocycles. The van der Waals surface area contributed by atoms with Gasteiger partial charge in [-0.15, -0.1) is 0 Å². The fraction of sp³-hybridized carbons (Fsp3) is 0.778. The number of carbonyl (C=O) groups is 2. The Labute approximate surface area is 82.3 Å². The first-order valence-electron chi connectivity index (χ1n) is 4.57.